The summed E-state index contributed by atoms with van der Waals surface area (Å²) in [5, 5.41) is 0. The smallest absolute Gasteiger partial charge is 0.134 e. The fourth-order valence-electron chi connectivity index (χ4n) is 1.73. The van der Waals surface area contributed by atoms with E-state index < -0.39 is 0 Å². The van der Waals surface area contributed by atoms with Crippen molar-refractivity contribution in [2.24, 2.45) is 0 Å². The first-order chi connectivity index (χ1) is 6.90. The number of fused-ring (bicyclic) bond motifs is 4. The molecule has 68 valence electrons. The van der Waals surface area contributed by atoms with Gasteiger partial charge in [-0.25, -0.2) is 9.97 Å². The zero-order valence-electron chi connectivity index (χ0n) is 7.64. The Morgan fingerprint density at radius 1 is 0.929 bits per heavy atom. The number of rotatable bonds is 0. The van der Waals surface area contributed by atoms with E-state index in [0.29, 0.717) is 0 Å². The van der Waals surface area contributed by atoms with Gasteiger partial charge < -0.3 is 0 Å². The Bertz CT molecular complexity index is 399. The molecule has 0 N–H and O–H groups in total. The highest BCUT2D eigenvalue weighted by atomic mass is 14.9. The molecule has 0 saturated carbocycles. The van der Waals surface area contributed by atoms with Gasteiger partial charge in [-0.15, -0.1) is 0 Å². The van der Waals surface area contributed by atoms with E-state index in [2.05, 4.69) is 21.0 Å². The molecule has 0 unspecified atom stereocenters. The fraction of sp³-hybridized carbons (Fsp3) is 0.182. The molecule has 14 heavy (non-hydrogen) atoms. The van der Waals surface area contributed by atoms with Crippen LogP contribution in [-0.4, -0.2) is 15.0 Å². The van der Waals surface area contributed by atoms with E-state index in [1.807, 2.05) is 24.5 Å². The largest absolute Gasteiger partial charge is 0.261 e. The minimum Gasteiger partial charge on any atom is -0.261 e. The highest BCUT2D eigenvalue weighted by molar-refractivity contribution is 5.26. The van der Waals surface area contributed by atoms with Crippen LogP contribution >= 0.6 is 0 Å². The molecule has 0 spiro atoms. The molecule has 0 atom stereocenters. The minimum absolute atomic E-state index is 0.738. The molecule has 4 bridgehead atoms. The predicted molar refractivity (Wildman–Crippen MR) is 51.9 cm³/mol. The molecular weight excluding hydrogens is 174 g/mol. The van der Waals surface area contributed by atoms with Crippen LogP contribution in [0.5, 0.6) is 0 Å². The molecule has 0 aromatic carbocycles. The van der Waals surface area contributed by atoms with E-state index in [9.17, 15) is 0 Å². The standard InChI is InChI=1S/C11H9N3/c1-3-12-10-6-8(1)5-9-2-4-13-11(7-10)14-9/h1-4,6H,5,7H2. The summed E-state index contributed by atoms with van der Waals surface area (Å²) in [5.41, 5.74) is 3.42. The van der Waals surface area contributed by atoms with Crippen LogP contribution in [0.15, 0.2) is 30.6 Å². The Labute approximate surface area is 81.9 Å². The summed E-state index contributed by atoms with van der Waals surface area (Å²) in [6.45, 7) is 0. The Hall–Kier alpha value is -1.77. The molecule has 2 aromatic rings. The van der Waals surface area contributed by atoms with Crippen molar-refractivity contribution in [2.75, 3.05) is 0 Å². The number of hydrogen-bond acceptors (Lipinski definition) is 3. The molecular formula is C11H9N3. The van der Waals surface area contributed by atoms with E-state index >= 15 is 0 Å². The SMILES string of the molecule is c1cc2cc(n1)Cc1nccc(n1)C2. The van der Waals surface area contributed by atoms with E-state index in [0.717, 1.165) is 30.1 Å². The molecule has 0 amide bonds. The third-order valence-corrected chi connectivity index (χ3v) is 2.37. The third-order valence-electron chi connectivity index (χ3n) is 2.37. The maximum absolute atomic E-state index is 4.45. The lowest BCUT2D eigenvalue weighted by Gasteiger charge is -2.09. The van der Waals surface area contributed by atoms with Gasteiger partial charge in [0.2, 0.25) is 0 Å². The lowest BCUT2D eigenvalue weighted by molar-refractivity contribution is 0.874. The lowest BCUT2D eigenvalue weighted by Crippen LogP contribution is -2.05. The van der Waals surface area contributed by atoms with Crippen LogP contribution in [0.25, 0.3) is 0 Å². The van der Waals surface area contributed by atoms with Crippen molar-refractivity contribution < 1.29 is 0 Å². The van der Waals surface area contributed by atoms with Crippen LogP contribution in [-0.2, 0) is 12.8 Å². The highest BCUT2D eigenvalue weighted by Crippen LogP contribution is 2.13. The van der Waals surface area contributed by atoms with E-state index in [1.54, 1.807) is 0 Å². The quantitative estimate of drug-likeness (QED) is 0.528. The molecule has 0 aliphatic carbocycles. The van der Waals surface area contributed by atoms with Gasteiger partial charge in [0.05, 0.1) is 6.42 Å². The van der Waals surface area contributed by atoms with Crippen molar-refractivity contribution >= 4 is 0 Å². The van der Waals surface area contributed by atoms with Gasteiger partial charge in [-0.05, 0) is 23.8 Å². The first-order valence-corrected chi connectivity index (χ1v) is 4.65. The van der Waals surface area contributed by atoms with Crippen molar-refractivity contribution in [3.63, 3.8) is 0 Å². The topological polar surface area (TPSA) is 38.7 Å². The van der Waals surface area contributed by atoms with Gasteiger partial charge in [0.1, 0.15) is 5.82 Å². The van der Waals surface area contributed by atoms with Crippen molar-refractivity contribution in [1.82, 2.24) is 15.0 Å². The number of aromatic nitrogens is 3. The maximum Gasteiger partial charge on any atom is 0.134 e. The molecule has 3 rings (SSSR count). The Balaban J connectivity index is 2.17. The predicted octanol–water partition coefficient (Wildman–Crippen LogP) is 1.37. The molecule has 0 saturated heterocycles. The maximum atomic E-state index is 4.45. The molecule has 3 nitrogen and oxygen atoms in total. The molecule has 3 heterocycles. The van der Waals surface area contributed by atoms with Gasteiger partial charge in [0.15, 0.2) is 0 Å². The zero-order chi connectivity index (χ0) is 9.38. The van der Waals surface area contributed by atoms with Crippen LogP contribution in [0.2, 0.25) is 0 Å². The number of pyridine rings is 1. The van der Waals surface area contributed by atoms with E-state index in [-0.39, 0.29) is 0 Å². The summed E-state index contributed by atoms with van der Waals surface area (Å²) in [6, 6.07) is 6.13. The summed E-state index contributed by atoms with van der Waals surface area (Å²) in [6.07, 6.45) is 5.30. The summed E-state index contributed by atoms with van der Waals surface area (Å²) in [4.78, 5) is 12.9. The second kappa shape index (κ2) is 2.87. The average molecular weight is 183 g/mol. The summed E-state index contributed by atoms with van der Waals surface area (Å²) in [5.74, 6) is 0.867. The fourth-order valence-corrected chi connectivity index (χ4v) is 1.73. The van der Waals surface area contributed by atoms with Crippen LogP contribution in [0, 0.1) is 0 Å². The monoisotopic (exact) mass is 183 g/mol. The Kier molecular flexibility index (Phi) is 1.56. The van der Waals surface area contributed by atoms with Crippen molar-refractivity contribution in [3.05, 3.63) is 53.4 Å². The van der Waals surface area contributed by atoms with Crippen LogP contribution in [0.1, 0.15) is 22.8 Å². The molecule has 1 aliphatic rings. The number of nitrogens with zero attached hydrogens (tertiary/aromatic N) is 3. The van der Waals surface area contributed by atoms with Gasteiger partial charge in [0, 0.05) is 30.2 Å². The molecule has 2 aromatic heterocycles. The normalized spacial score (nSPS) is 13.1. The van der Waals surface area contributed by atoms with E-state index in [1.165, 1.54) is 5.56 Å². The minimum atomic E-state index is 0.738. The summed E-state index contributed by atoms with van der Waals surface area (Å²) in [7, 11) is 0. The third kappa shape index (κ3) is 1.27. The first-order valence-electron chi connectivity index (χ1n) is 4.65. The Morgan fingerprint density at radius 3 is 2.86 bits per heavy atom. The van der Waals surface area contributed by atoms with Crippen LogP contribution < -0.4 is 0 Å². The zero-order valence-corrected chi connectivity index (χ0v) is 7.64. The van der Waals surface area contributed by atoms with Gasteiger partial charge in [-0.1, -0.05) is 0 Å². The highest BCUT2D eigenvalue weighted by Gasteiger charge is 2.08. The van der Waals surface area contributed by atoms with Gasteiger partial charge >= 0.3 is 0 Å². The second-order valence-electron chi connectivity index (χ2n) is 3.47. The Morgan fingerprint density at radius 2 is 1.86 bits per heavy atom. The van der Waals surface area contributed by atoms with Gasteiger partial charge in [-0.2, -0.15) is 0 Å². The van der Waals surface area contributed by atoms with Crippen LogP contribution in [0.4, 0.5) is 0 Å². The van der Waals surface area contributed by atoms with Crippen molar-refractivity contribution in [2.45, 2.75) is 12.8 Å². The van der Waals surface area contributed by atoms with Crippen LogP contribution in [0.3, 0.4) is 0 Å². The van der Waals surface area contributed by atoms with Gasteiger partial charge in [0.25, 0.3) is 0 Å². The average Bonchev–Trinajstić information content (AvgIpc) is 2.17. The van der Waals surface area contributed by atoms with E-state index in [4.69, 9.17) is 0 Å². The first kappa shape index (κ1) is 7.62. The number of hydrogen-bond donors (Lipinski definition) is 0. The molecule has 3 heteroatoms. The summed E-state index contributed by atoms with van der Waals surface area (Å²) < 4.78 is 0. The molecule has 0 radical (unpaired) electrons. The molecule has 1 aliphatic heterocycles. The van der Waals surface area contributed by atoms with Crippen molar-refractivity contribution in [3.8, 4) is 0 Å². The van der Waals surface area contributed by atoms with Crippen molar-refractivity contribution in [1.29, 1.82) is 0 Å². The van der Waals surface area contributed by atoms with Gasteiger partial charge in [-0.3, -0.25) is 4.98 Å². The second-order valence-corrected chi connectivity index (χ2v) is 3.47. The molecule has 0 fully saturated rings. The summed E-state index contributed by atoms with van der Waals surface area (Å²) >= 11 is 0. The lowest BCUT2D eigenvalue weighted by atomic mass is 10.1.